The topological polar surface area (TPSA) is 41.1 Å². The minimum absolute atomic E-state index is 0.113. The zero-order valence-electron chi connectivity index (χ0n) is 14.2. The summed E-state index contributed by atoms with van der Waals surface area (Å²) in [5.41, 5.74) is 3.21. The van der Waals surface area contributed by atoms with Crippen LogP contribution in [0, 0.1) is 0 Å². The molecule has 0 saturated carbocycles. The van der Waals surface area contributed by atoms with Crippen molar-refractivity contribution in [2.45, 2.75) is 31.9 Å². The molecule has 1 saturated heterocycles. The molecule has 2 atom stereocenters. The molecular weight excluding hydrogens is 339 g/mol. The molecule has 0 radical (unpaired) electrons. The summed E-state index contributed by atoms with van der Waals surface area (Å²) < 4.78 is 13.8. The van der Waals surface area contributed by atoms with Crippen LogP contribution in [-0.2, 0) is 6.42 Å². The number of hydrogen-bond acceptors (Lipinski definition) is 2. The molecule has 1 aliphatic heterocycles. The highest BCUT2D eigenvalue weighted by molar-refractivity contribution is 6.31. The molecule has 2 aromatic rings. The molecule has 0 aromatic heterocycles. The Hall–Kier alpha value is -1.91. The van der Waals surface area contributed by atoms with E-state index in [2.05, 4.69) is 17.6 Å². The number of carbonyl (C=O) groups is 1. The normalized spacial score (nSPS) is 19.8. The largest absolute Gasteiger partial charge is 0.322 e. The second-order valence-electron chi connectivity index (χ2n) is 6.41. The van der Waals surface area contributed by atoms with Crippen molar-refractivity contribution in [3.8, 4) is 0 Å². The molecule has 5 heteroatoms. The number of anilines is 1. The van der Waals surface area contributed by atoms with Gasteiger partial charge >= 0.3 is 0 Å². The standard InChI is InChI=1S/C20H22ClFN2O/c1-2-3-14-10-15(6-9-18(14)21)20(25)24-16-7-4-13(5-8-16)17-11-23-12-19(17)22/h4-10,17,19,23H,2-3,11-12H2,1H3,(H,24,25). The predicted octanol–water partition coefficient (Wildman–Crippen LogP) is 4.57. The van der Waals surface area contributed by atoms with E-state index >= 15 is 0 Å². The van der Waals surface area contributed by atoms with Gasteiger partial charge in [0.1, 0.15) is 6.17 Å². The molecule has 1 amide bonds. The first-order chi connectivity index (χ1) is 12.1. The third kappa shape index (κ3) is 4.20. The lowest BCUT2D eigenvalue weighted by molar-refractivity contribution is 0.102. The maximum Gasteiger partial charge on any atom is 0.255 e. The summed E-state index contributed by atoms with van der Waals surface area (Å²) in [5, 5.41) is 6.63. The van der Waals surface area contributed by atoms with E-state index in [0.29, 0.717) is 29.4 Å². The van der Waals surface area contributed by atoms with Gasteiger partial charge in [-0.15, -0.1) is 0 Å². The average Bonchev–Trinajstić information content (AvgIpc) is 3.04. The van der Waals surface area contributed by atoms with E-state index < -0.39 is 6.17 Å². The number of hydrogen-bond donors (Lipinski definition) is 2. The zero-order valence-corrected chi connectivity index (χ0v) is 14.9. The Morgan fingerprint density at radius 3 is 2.64 bits per heavy atom. The van der Waals surface area contributed by atoms with Gasteiger partial charge in [-0.2, -0.15) is 0 Å². The second-order valence-corrected chi connectivity index (χ2v) is 6.82. The van der Waals surface area contributed by atoms with E-state index in [1.807, 2.05) is 30.3 Å². The molecule has 3 nitrogen and oxygen atoms in total. The van der Waals surface area contributed by atoms with Gasteiger partial charge in [-0.25, -0.2) is 4.39 Å². The monoisotopic (exact) mass is 360 g/mol. The maximum atomic E-state index is 13.8. The van der Waals surface area contributed by atoms with Gasteiger partial charge in [-0.1, -0.05) is 37.1 Å². The van der Waals surface area contributed by atoms with Crippen molar-refractivity contribution in [3.63, 3.8) is 0 Å². The van der Waals surface area contributed by atoms with Crippen molar-refractivity contribution in [2.24, 2.45) is 0 Å². The summed E-state index contributed by atoms with van der Waals surface area (Å²) >= 11 is 6.16. The predicted molar refractivity (Wildman–Crippen MR) is 100 cm³/mol. The molecule has 0 spiro atoms. The van der Waals surface area contributed by atoms with Crippen LogP contribution in [-0.4, -0.2) is 25.2 Å². The third-order valence-electron chi connectivity index (χ3n) is 4.56. The van der Waals surface area contributed by atoms with Crippen LogP contribution in [0.4, 0.5) is 10.1 Å². The highest BCUT2D eigenvalue weighted by Crippen LogP contribution is 2.26. The van der Waals surface area contributed by atoms with Gasteiger partial charge in [0.05, 0.1) is 0 Å². The minimum Gasteiger partial charge on any atom is -0.322 e. The molecule has 0 aliphatic carbocycles. The Morgan fingerprint density at radius 1 is 1.24 bits per heavy atom. The molecule has 1 fully saturated rings. The smallest absolute Gasteiger partial charge is 0.255 e. The lowest BCUT2D eigenvalue weighted by Crippen LogP contribution is -2.13. The molecule has 2 N–H and O–H groups in total. The molecule has 1 heterocycles. The van der Waals surface area contributed by atoms with E-state index in [1.54, 1.807) is 12.1 Å². The van der Waals surface area contributed by atoms with Crippen molar-refractivity contribution >= 4 is 23.2 Å². The number of alkyl halides is 1. The number of amides is 1. The third-order valence-corrected chi connectivity index (χ3v) is 4.93. The van der Waals surface area contributed by atoms with Crippen LogP contribution >= 0.6 is 11.6 Å². The summed E-state index contributed by atoms with van der Waals surface area (Å²) in [4.78, 5) is 12.5. The van der Waals surface area contributed by atoms with E-state index in [-0.39, 0.29) is 11.8 Å². The Bertz CT molecular complexity index is 748. The second kappa shape index (κ2) is 7.98. The highest BCUT2D eigenvalue weighted by atomic mass is 35.5. The van der Waals surface area contributed by atoms with Crippen molar-refractivity contribution in [1.29, 1.82) is 0 Å². The summed E-state index contributed by atoms with van der Waals surface area (Å²) in [6.07, 6.45) is 0.957. The molecular formula is C20H22ClFN2O. The van der Waals surface area contributed by atoms with Gasteiger partial charge in [0.2, 0.25) is 0 Å². The SMILES string of the molecule is CCCc1cc(C(=O)Nc2ccc(C3CNCC3F)cc2)ccc1Cl. The Kier molecular flexibility index (Phi) is 5.71. The van der Waals surface area contributed by atoms with Gasteiger partial charge < -0.3 is 10.6 Å². The number of benzene rings is 2. The number of halogens is 2. The van der Waals surface area contributed by atoms with Crippen LogP contribution in [0.25, 0.3) is 0 Å². The Labute approximate surface area is 152 Å². The quantitative estimate of drug-likeness (QED) is 0.820. The van der Waals surface area contributed by atoms with Gasteiger partial charge in [0.25, 0.3) is 5.91 Å². The van der Waals surface area contributed by atoms with E-state index in [4.69, 9.17) is 11.6 Å². The molecule has 3 rings (SSSR count). The lowest BCUT2D eigenvalue weighted by atomic mass is 9.97. The molecule has 132 valence electrons. The van der Waals surface area contributed by atoms with Gasteiger partial charge in [-0.05, 0) is 47.9 Å². The van der Waals surface area contributed by atoms with Crippen molar-refractivity contribution in [3.05, 3.63) is 64.2 Å². The van der Waals surface area contributed by atoms with E-state index in [1.165, 1.54) is 0 Å². The number of nitrogens with one attached hydrogen (secondary N) is 2. The van der Waals surface area contributed by atoms with Crippen LogP contribution in [0.1, 0.15) is 40.7 Å². The van der Waals surface area contributed by atoms with Crippen molar-refractivity contribution in [2.75, 3.05) is 18.4 Å². The van der Waals surface area contributed by atoms with Gasteiger partial charge in [-0.3, -0.25) is 4.79 Å². The van der Waals surface area contributed by atoms with Crippen LogP contribution in [0.15, 0.2) is 42.5 Å². The average molecular weight is 361 g/mol. The highest BCUT2D eigenvalue weighted by Gasteiger charge is 2.27. The van der Waals surface area contributed by atoms with Gasteiger partial charge in [0.15, 0.2) is 0 Å². The van der Waals surface area contributed by atoms with Crippen molar-refractivity contribution in [1.82, 2.24) is 5.32 Å². The number of rotatable bonds is 5. The van der Waals surface area contributed by atoms with Crippen molar-refractivity contribution < 1.29 is 9.18 Å². The van der Waals surface area contributed by atoms with Crippen LogP contribution in [0.5, 0.6) is 0 Å². The summed E-state index contributed by atoms with van der Waals surface area (Å²) in [7, 11) is 0. The summed E-state index contributed by atoms with van der Waals surface area (Å²) in [5.74, 6) is -0.287. The van der Waals surface area contributed by atoms with Crippen LogP contribution in [0.2, 0.25) is 5.02 Å². The van der Waals surface area contributed by atoms with E-state index in [9.17, 15) is 9.18 Å². The molecule has 2 unspecified atom stereocenters. The fourth-order valence-corrected chi connectivity index (χ4v) is 3.38. The first-order valence-corrected chi connectivity index (χ1v) is 9.00. The number of carbonyl (C=O) groups excluding carboxylic acids is 1. The minimum atomic E-state index is -0.855. The van der Waals surface area contributed by atoms with Crippen LogP contribution < -0.4 is 10.6 Å². The zero-order chi connectivity index (χ0) is 17.8. The molecule has 2 aromatic carbocycles. The summed E-state index contributed by atoms with van der Waals surface area (Å²) in [6.45, 7) is 3.13. The Balaban J connectivity index is 1.69. The van der Waals surface area contributed by atoms with Gasteiger partial charge in [0, 0.05) is 35.3 Å². The van der Waals surface area contributed by atoms with Crippen LogP contribution in [0.3, 0.4) is 0 Å². The van der Waals surface area contributed by atoms with E-state index in [0.717, 1.165) is 24.0 Å². The maximum absolute atomic E-state index is 13.8. The molecule has 1 aliphatic rings. The Morgan fingerprint density at radius 2 is 2.00 bits per heavy atom. The fourth-order valence-electron chi connectivity index (χ4n) is 3.17. The molecule has 25 heavy (non-hydrogen) atoms. The first kappa shape index (κ1) is 17.9. The molecule has 0 bridgehead atoms. The summed E-state index contributed by atoms with van der Waals surface area (Å²) in [6, 6.07) is 12.7. The first-order valence-electron chi connectivity index (χ1n) is 8.63. The fraction of sp³-hybridized carbons (Fsp3) is 0.350. The lowest BCUT2D eigenvalue weighted by Gasteiger charge is -2.13. The number of aryl methyl sites for hydroxylation is 1.